The molecule has 1 fully saturated rings. The number of carbonyl (C=O) groups excluding carboxylic acids is 1. The molecule has 19 heavy (non-hydrogen) atoms. The second-order valence-electron chi connectivity index (χ2n) is 5.88. The number of rotatable bonds is 3. The third-order valence-electron chi connectivity index (χ3n) is 3.75. The third-order valence-corrected chi connectivity index (χ3v) is 4.00. The van der Waals surface area contributed by atoms with Gasteiger partial charge < -0.3 is 10.6 Å². The van der Waals surface area contributed by atoms with Crippen LogP contribution in [0.2, 0.25) is 5.02 Å². The fraction of sp³-hybridized carbons (Fsp3) is 0.533. The molecule has 0 spiro atoms. The molecule has 2 rings (SSSR count). The summed E-state index contributed by atoms with van der Waals surface area (Å²) in [5, 5.41) is 7.23. The van der Waals surface area contributed by atoms with Crippen molar-refractivity contribution < 1.29 is 4.79 Å². The molecule has 1 atom stereocenters. The van der Waals surface area contributed by atoms with E-state index in [9.17, 15) is 4.79 Å². The molecule has 1 aliphatic rings. The Morgan fingerprint density at radius 1 is 1.42 bits per heavy atom. The molecule has 3 nitrogen and oxygen atoms in total. The van der Waals surface area contributed by atoms with Gasteiger partial charge in [-0.1, -0.05) is 37.6 Å². The van der Waals surface area contributed by atoms with Gasteiger partial charge in [0.25, 0.3) is 0 Å². The Balaban J connectivity index is 1.92. The van der Waals surface area contributed by atoms with E-state index in [0.717, 1.165) is 25.1 Å². The van der Waals surface area contributed by atoms with Crippen molar-refractivity contribution in [1.29, 1.82) is 0 Å². The lowest BCUT2D eigenvalue weighted by Gasteiger charge is -2.39. The molecule has 104 valence electrons. The van der Waals surface area contributed by atoms with Crippen molar-refractivity contribution in [2.24, 2.45) is 5.41 Å². The monoisotopic (exact) mass is 280 g/mol. The zero-order valence-electron chi connectivity index (χ0n) is 11.5. The van der Waals surface area contributed by atoms with E-state index in [1.165, 1.54) is 0 Å². The lowest BCUT2D eigenvalue weighted by molar-refractivity contribution is -0.122. The summed E-state index contributed by atoms with van der Waals surface area (Å²) in [7, 11) is 0. The Kier molecular flexibility index (Phi) is 4.48. The molecular weight excluding hydrogens is 260 g/mol. The summed E-state index contributed by atoms with van der Waals surface area (Å²) in [6.45, 7) is 6.28. The minimum Gasteiger partial charge on any atom is -0.352 e. The number of piperidine rings is 1. The second kappa shape index (κ2) is 5.93. The summed E-state index contributed by atoms with van der Waals surface area (Å²) < 4.78 is 0. The molecule has 1 heterocycles. The first-order chi connectivity index (χ1) is 8.97. The molecule has 0 bridgehead atoms. The highest BCUT2D eigenvalue weighted by atomic mass is 35.5. The van der Waals surface area contributed by atoms with Crippen LogP contribution in [0.1, 0.15) is 25.8 Å². The number of hydrogen-bond acceptors (Lipinski definition) is 2. The largest absolute Gasteiger partial charge is 0.352 e. The molecule has 1 saturated heterocycles. The first-order valence-electron chi connectivity index (χ1n) is 6.72. The third kappa shape index (κ3) is 3.95. The summed E-state index contributed by atoms with van der Waals surface area (Å²) in [5.41, 5.74) is 1.10. The number of halogens is 1. The van der Waals surface area contributed by atoms with Crippen LogP contribution in [0.15, 0.2) is 24.3 Å². The van der Waals surface area contributed by atoms with E-state index >= 15 is 0 Å². The molecule has 1 amide bonds. The quantitative estimate of drug-likeness (QED) is 0.893. The van der Waals surface area contributed by atoms with E-state index in [1.54, 1.807) is 0 Å². The van der Waals surface area contributed by atoms with Crippen LogP contribution in [0.25, 0.3) is 0 Å². The summed E-state index contributed by atoms with van der Waals surface area (Å²) in [5.74, 6) is 0.0855. The average Bonchev–Trinajstić information content (AvgIpc) is 2.35. The first-order valence-corrected chi connectivity index (χ1v) is 7.10. The number of amides is 1. The van der Waals surface area contributed by atoms with Crippen LogP contribution in [0.4, 0.5) is 0 Å². The van der Waals surface area contributed by atoms with Crippen LogP contribution in [0, 0.1) is 5.41 Å². The van der Waals surface area contributed by atoms with Crippen LogP contribution in [-0.2, 0) is 11.2 Å². The van der Waals surface area contributed by atoms with Gasteiger partial charge in [-0.3, -0.25) is 4.79 Å². The van der Waals surface area contributed by atoms with E-state index in [4.69, 9.17) is 11.6 Å². The maximum Gasteiger partial charge on any atom is 0.224 e. The van der Waals surface area contributed by atoms with Gasteiger partial charge in [0.15, 0.2) is 0 Å². The Morgan fingerprint density at radius 3 is 2.74 bits per heavy atom. The highest BCUT2D eigenvalue weighted by Gasteiger charge is 2.32. The number of hydrogen-bond donors (Lipinski definition) is 2. The van der Waals surface area contributed by atoms with Gasteiger partial charge in [-0.15, -0.1) is 0 Å². The van der Waals surface area contributed by atoms with Crippen LogP contribution >= 0.6 is 11.6 Å². The number of carbonyl (C=O) groups is 1. The van der Waals surface area contributed by atoms with Gasteiger partial charge >= 0.3 is 0 Å². The van der Waals surface area contributed by atoms with Crippen molar-refractivity contribution in [2.75, 3.05) is 13.1 Å². The second-order valence-corrected chi connectivity index (χ2v) is 6.31. The molecule has 1 aromatic rings. The Morgan fingerprint density at radius 2 is 2.11 bits per heavy atom. The summed E-state index contributed by atoms with van der Waals surface area (Å²) in [4.78, 5) is 12.1. The average molecular weight is 281 g/mol. The van der Waals surface area contributed by atoms with Gasteiger partial charge in [-0.05, 0) is 36.1 Å². The molecule has 0 aromatic heterocycles. The maximum atomic E-state index is 12.1. The van der Waals surface area contributed by atoms with E-state index in [1.807, 2.05) is 24.3 Å². The molecule has 0 saturated carbocycles. The fourth-order valence-corrected chi connectivity index (χ4v) is 2.60. The molecule has 0 aliphatic carbocycles. The summed E-state index contributed by atoms with van der Waals surface area (Å²) >= 11 is 5.83. The van der Waals surface area contributed by atoms with E-state index in [0.29, 0.717) is 11.4 Å². The molecule has 1 aliphatic heterocycles. The SMILES string of the molecule is CC1(C)CNCCC1NC(=O)Cc1ccc(Cl)cc1. The van der Waals surface area contributed by atoms with Crippen molar-refractivity contribution in [1.82, 2.24) is 10.6 Å². The van der Waals surface area contributed by atoms with Crippen molar-refractivity contribution >= 4 is 17.5 Å². The highest BCUT2D eigenvalue weighted by molar-refractivity contribution is 6.30. The zero-order valence-corrected chi connectivity index (χ0v) is 12.3. The Bertz CT molecular complexity index is 442. The fourth-order valence-electron chi connectivity index (χ4n) is 2.47. The molecular formula is C15H21ClN2O. The van der Waals surface area contributed by atoms with Crippen LogP contribution in [0.5, 0.6) is 0 Å². The van der Waals surface area contributed by atoms with Gasteiger partial charge in [-0.25, -0.2) is 0 Å². The standard InChI is InChI=1S/C15H21ClN2O/c1-15(2)10-17-8-7-13(15)18-14(19)9-11-3-5-12(16)6-4-11/h3-6,13,17H,7-10H2,1-2H3,(H,18,19). The van der Waals surface area contributed by atoms with E-state index in [-0.39, 0.29) is 17.4 Å². The molecule has 4 heteroatoms. The van der Waals surface area contributed by atoms with Crippen LogP contribution < -0.4 is 10.6 Å². The molecule has 0 radical (unpaired) electrons. The van der Waals surface area contributed by atoms with Gasteiger partial charge in [0.1, 0.15) is 0 Å². The van der Waals surface area contributed by atoms with Gasteiger partial charge in [0.05, 0.1) is 6.42 Å². The van der Waals surface area contributed by atoms with E-state index < -0.39 is 0 Å². The highest BCUT2D eigenvalue weighted by Crippen LogP contribution is 2.25. The normalized spacial score (nSPS) is 21.9. The van der Waals surface area contributed by atoms with Crippen molar-refractivity contribution in [3.8, 4) is 0 Å². The van der Waals surface area contributed by atoms with Gasteiger partial charge in [-0.2, -0.15) is 0 Å². The minimum absolute atomic E-state index is 0.0855. The van der Waals surface area contributed by atoms with Crippen LogP contribution in [0.3, 0.4) is 0 Å². The van der Waals surface area contributed by atoms with Crippen molar-refractivity contribution in [3.63, 3.8) is 0 Å². The maximum absolute atomic E-state index is 12.1. The molecule has 1 aromatic carbocycles. The van der Waals surface area contributed by atoms with Gasteiger partial charge in [0.2, 0.25) is 5.91 Å². The van der Waals surface area contributed by atoms with Crippen molar-refractivity contribution in [2.45, 2.75) is 32.7 Å². The smallest absolute Gasteiger partial charge is 0.224 e. The first kappa shape index (κ1) is 14.4. The molecule has 2 N–H and O–H groups in total. The van der Waals surface area contributed by atoms with E-state index in [2.05, 4.69) is 24.5 Å². The lowest BCUT2D eigenvalue weighted by Crippen LogP contribution is -2.54. The summed E-state index contributed by atoms with van der Waals surface area (Å²) in [6, 6.07) is 7.68. The predicted octanol–water partition coefficient (Wildman–Crippen LogP) is 2.39. The van der Waals surface area contributed by atoms with Crippen LogP contribution in [-0.4, -0.2) is 25.0 Å². The zero-order chi connectivity index (χ0) is 13.9. The summed E-state index contributed by atoms with van der Waals surface area (Å²) in [6.07, 6.45) is 1.40. The molecule has 1 unspecified atom stereocenters. The van der Waals surface area contributed by atoms with Crippen molar-refractivity contribution in [3.05, 3.63) is 34.9 Å². The number of nitrogens with one attached hydrogen (secondary N) is 2. The Labute approximate surface area is 119 Å². The topological polar surface area (TPSA) is 41.1 Å². The minimum atomic E-state index is 0.0855. The Hall–Kier alpha value is -1.06. The van der Waals surface area contributed by atoms with Gasteiger partial charge in [0, 0.05) is 17.6 Å². The predicted molar refractivity (Wildman–Crippen MR) is 78.4 cm³/mol. The lowest BCUT2D eigenvalue weighted by atomic mass is 9.80. The number of benzene rings is 1.